The quantitative estimate of drug-likeness (QED) is 0.468. The molecule has 0 aliphatic heterocycles. The van der Waals surface area contributed by atoms with E-state index in [9.17, 15) is 18.0 Å². The maximum absolute atomic E-state index is 12.4. The lowest BCUT2D eigenvalue weighted by Gasteiger charge is -2.09. The van der Waals surface area contributed by atoms with E-state index in [0.717, 1.165) is 16.7 Å². The number of aliphatic hydroxyl groups excluding tert-OH is 1. The molecular formula is C22H20F3NO4S. The second-order valence-corrected chi connectivity index (χ2v) is 7.59. The Morgan fingerprint density at radius 1 is 1.06 bits per heavy atom. The number of hydrogen-bond acceptors (Lipinski definition) is 5. The van der Waals surface area contributed by atoms with Crippen LogP contribution in [0.25, 0.3) is 11.1 Å². The van der Waals surface area contributed by atoms with Gasteiger partial charge in [0, 0.05) is 6.54 Å². The number of aliphatic hydroxyl groups is 1. The summed E-state index contributed by atoms with van der Waals surface area (Å²) in [4.78, 5) is 12.9. The average molecular weight is 451 g/mol. The van der Waals surface area contributed by atoms with Crippen molar-refractivity contribution in [1.29, 1.82) is 0 Å². The lowest BCUT2D eigenvalue weighted by molar-refractivity contribution is -0.274. The van der Waals surface area contributed by atoms with E-state index in [1.165, 1.54) is 42.5 Å². The lowest BCUT2D eigenvalue weighted by Crippen LogP contribution is -2.21. The molecule has 1 amide bonds. The summed E-state index contributed by atoms with van der Waals surface area (Å²) in [5, 5.41) is 13.7. The fraction of sp³-hybridized carbons (Fsp3) is 0.227. The van der Waals surface area contributed by atoms with E-state index < -0.39 is 12.7 Å². The van der Waals surface area contributed by atoms with Crippen LogP contribution in [0.2, 0.25) is 0 Å². The maximum atomic E-state index is 12.4. The molecule has 9 heteroatoms. The Labute approximate surface area is 181 Å². The summed E-state index contributed by atoms with van der Waals surface area (Å²) in [6, 6.07) is 14.6. The average Bonchev–Trinajstić information content (AvgIpc) is 3.21. The third-order valence-electron chi connectivity index (χ3n) is 4.21. The van der Waals surface area contributed by atoms with Gasteiger partial charge >= 0.3 is 6.36 Å². The molecule has 1 atom stereocenters. The van der Waals surface area contributed by atoms with Crippen LogP contribution in [0.1, 0.15) is 27.7 Å². The molecule has 0 aliphatic carbocycles. The Morgan fingerprint density at radius 2 is 1.71 bits per heavy atom. The number of amides is 1. The van der Waals surface area contributed by atoms with E-state index >= 15 is 0 Å². The van der Waals surface area contributed by atoms with E-state index in [1.54, 1.807) is 11.4 Å². The zero-order valence-corrected chi connectivity index (χ0v) is 17.3. The molecule has 0 saturated heterocycles. The second-order valence-electron chi connectivity index (χ2n) is 6.68. The highest BCUT2D eigenvalue weighted by atomic mass is 32.1. The molecule has 3 rings (SSSR count). The topological polar surface area (TPSA) is 67.8 Å². The van der Waals surface area contributed by atoms with Crippen molar-refractivity contribution in [2.24, 2.45) is 0 Å². The Kier molecular flexibility index (Phi) is 7.32. The zero-order valence-electron chi connectivity index (χ0n) is 16.5. The molecule has 0 fully saturated rings. The summed E-state index contributed by atoms with van der Waals surface area (Å²) in [7, 11) is 0. The van der Waals surface area contributed by atoms with Crippen LogP contribution >= 0.6 is 11.3 Å². The standard InChI is InChI=1S/C22H20F3NO4S/c1-14(27)29-12-16-4-2-15(3-5-16)11-26-21(28)20-10-18(13-31-20)17-6-8-19(9-7-17)30-22(23,24)25/h2-10,13-14,27H,11-12H2,1H3,(H,26,28). The number of rotatable bonds is 8. The number of carbonyl (C=O) groups is 1. The number of carbonyl (C=O) groups excluding carboxylic acids is 1. The number of benzene rings is 2. The molecule has 1 unspecified atom stereocenters. The van der Waals surface area contributed by atoms with Crippen LogP contribution in [-0.2, 0) is 17.9 Å². The first-order valence-electron chi connectivity index (χ1n) is 9.30. The van der Waals surface area contributed by atoms with Gasteiger partial charge in [0.15, 0.2) is 6.29 Å². The number of nitrogens with one attached hydrogen (secondary N) is 1. The summed E-state index contributed by atoms with van der Waals surface area (Å²) in [5.74, 6) is -0.539. The molecule has 2 aromatic carbocycles. The van der Waals surface area contributed by atoms with Gasteiger partial charge in [-0.05, 0) is 52.8 Å². The van der Waals surface area contributed by atoms with Crippen molar-refractivity contribution in [1.82, 2.24) is 5.32 Å². The van der Waals surface area contributed by atoms with Crippen molar-refractivity contribution in [2.45, 2.75) is 32.7 Å². The molecule has 0 saturated carbocycles. The third kappa shape index (κ3) is 7.09. The highest BCUT2D eigenvalue weighted by Gasteiger charge is 2.31. The fourth-order valence-electron chi connectivity index (χ4n) is 2.70. The fourth-order valence-corrected chi connectivity index (χ4v) is 3.53. The largest absolute Gasteiger partial charge is 0.573 e. The SMILES string of the molecule is CC(O)OCc1ccc(CNC(=O)c2cc(-c3ccc(OC(F)(F)F)cc3)cs2)cc1. The number of halogens is 3. The van der Waals surface area contributed by atoms with Crippen LogP contribution in [0, 0.1) is 0 Å². The Bertz CT molecular complexity index is 999. The number of ether oxygens (including phenoxy) is 2. The van der Waals surface area contributed by atoms with E-state index in [-0.39, 0.29) is 11.7 Å². The van der Waals surface area contributed by atoms with Gasteiger partial charge < -0.3 is 19.9 Å². The van der Waals surface area contributed by atoms with Crippen LogP contribution in [0.5, 0.6) is 5.75 Å². The van der Waals surface area contributed by atoms with Gasteiger partial charge in [-0.1, -0.05) is 36.4 Å². The molecule has 0 bridgehead atoms. The van der Waals surface area contributed by atoms with Gasteiger partial charge in [-0.15, -0.1) is 24.5 Å². The van der Waals surface area contributed by atoms with Gasteiger partial charge in [0.2, 0.25) is 0 Å². The van der Waals surface area contributed by atoms with Gasteiger partial charge in [0.25, 0.3) is 5.91 Å². The van der Waals surface area contributed by atoms with Crippen LogP contribution in [0.3, 0.4) is 0 Å². The minimum atomic E-state index is -4.73. The summed E-state index contributed by atoms with van der Waals surface area (Å²) >= 11 is 1.25. The Balaban J connectivity index is 1.55. The molecule has 31 heavy (non-hydrogen) atoms. The highest BCUT2D eigenvalue weighted by Crippen LogP contribution is 2.29. The first-order chi connectivity index (χ1) is 14.7. The van der Waals surface area contributed by atoms with E-state index in [0.29, 0.717) is 23.6 Å². The lowest BCUT2D eigenvalue weighted by atomic mass is 10.1. The molecule has 1 aromatic heterocycles. The minimum Gasteiger partial charge on any atom is -0.406 e. The van der Waals surface area contributed by atoms with Crippen molar-refractivity contribution in [2.75, 3.05) is 0 Å². The molecular weight excluding hydrogens is 431 g/mol. The highest BCUT2D eigenvalue weighted by molar-refractivity contribution is 7.12. The molecule has 0 spiro atoms. The van der Waals surface area contributed by atoms with Gasteiger partial charge in [0.05, 0.1) is 11.5 Å². The summed E-state index contributed by atoms with van der Waals surface area (Å²) < 4.78 is 45.7. The minimum absolute atomic E-state index is 0.241. The molecule has 1 heterocycles. The number of thiophene rings is 1. The summed E-state index contributed by atoms with van der Waals surface area (Å²) in [6.07, 6.45) is -5.57. The number of hydrogen-bond donors (Lipinski definition) is 2. The van der Waals surface area contributed by atoms with Crippen molar-refractivity contribution < 1.29 is 32.5 Å². The molecule has 164 valence electrons. The predicted octanol–water partition coefficient (Wildman–Crippen LogP) is 5.10. The summed E-state index contributed by atoms with van der Waals surface area (Å²) in [5.41, 5.74) is 3.23. The van der Waals surface area contributed by atoms with Crippen molar-refractivity contribution in [3.63, 3.8) is 0 Å². The molecule has 2 N–H and O–H groups in total. The predicted molar refractivity (Wildman–Crippen MR) is 111 cm³/mol. The number of alkyl halides is 3. The van der Waals surface area contributed by atoms with E-state index in [2.05, 4.69) is 10.1 Å². The van der Waals surface area contributed by atoms with Crippen LogP contribution in [0.15, 0.2) is 60.0 Å². The maximum Gasteiger partial charge on any atom is 0.573 e. The van der Waals surface area contributed by atoms with Gasteiger partial charge in [-0.25, -0.2) is 0 Å². The second kappa shape index (κ2) is 9.95. The van der Waals surface area contributed by atoms with Crippen LogP contribution < -0.4 is 10.1 Å². The monoisotopic (exact) mass is 451 g/mol. The van der Waals surface area contributed by atoms with Crippen LogP contribution in [-0.4, -0.2) is 23.7 Å². The zero-order chi connectivity index (χ0) is 22.4. The van der Waals surface area contributed by atoms with Gasteiger partial charge in [-0.3, -0.25) is 4.79 Å². The van der Waals surface area contributed by atoms with Crippen molar-refractivity contribution in [3.8, 4) is 16.9 Å². The Hall–Kier alpha value is -2.88. The normalized spacial score (nSPS) is 12.4. The molecule has 5 nitrogen and oxygen atoms in total. The third-order valence-corrected chi connectivity index (χ3v) is 5.14. The van der Waals surface area contributed by atoms with Gasteiger partial charge in [0.1, 0.15) is 5.75 Å². The van der Waals surface area contributed by atoms with Crippen molar-refractivity contribution in [3.05, 3.63) is 76.0 Å². The van der Waals surface area contributed by atoms with Crippen molar-refractivity contribution >= 4 is 17.2 Å². The smallest absolute Gasteiger partial charge is 0.406 e. The summed E-state index contributed by atoms with van der Waals surface area (Å²) in [6.45, 7) is 2.18. The van der Waals surface area contributed by atoms with E-state index in [1.807, 2.05) is 24.3 Å². The first kappa shape index (κ1) is 22.8. The molecule has 3 aromatic rings. The first-order valence-corrected chi connectivity index (χ1v) is 10.2. The van der Waals surface area contributed by atoms with Gasteiger partial charge in [-0.2, -0.15) is 0 Å². The molecule has 0 radical (unpaired) electrons. The van der Waals surface area contributed by atoms with Crippen LogP contribution in [0.4, 0.5) is 13.2 Å². The van der Waals surface area contributed by atoms with E-state index in [4.69, 9.17) is 9.84 Å². The molecule has 0 aliphatic rings. The Morgan fingerprint density at radius 3 is 2.32 bits per heavy atom.